The fraction of sp³-hybridized carbons (Fsp3) is 0.750. The van der Waals surface area contributed by atoms with Crippen LogP contribution in [0.2, 0.25) is 0 Å². The number of nitrogens with two attached hydrogens (primary N) is 1. The molecule has 5 heteroatoms. The van der Waals surface area contributed by atoms with Crippen molar-refractivity contribution in [2.45, 2.75) is 71.5 Å². The number of amides is 1. The van der Waals surface area contributed by atoms with E-state index in [9.17, 15) is 4.79 Å². The van der Waals surface area contributed by atoms with Crippen LogP contribution in [0.25, 0.3) is 0 Å². The summed E-state index contributed by atoms with van der Waals surface area (Å²) in [6.45, 7) is 7.26. The molecular weight excluding hydrogens is 264 g/mol. The highest BCUT2D eigenvalue weighted by molar-refractivity contribution is 5.76. The van der Waals surface area contributed by atoms with Crippen molar-refractivity contribution in [3.05, 3.63) is 17.5 Å². The van der Waals surface area contributed by atoms with E-state index in [4.69, 9.17) is 5.73 Å². The molecule has 1 aromatic heterocycles. The van der Waals surface area contributed by atoms with E-state index in [1.54, 1.807) is 0 Å². The van der Waals surface area contributed by atoms with Crippen molar-refractivity contribution in [1.82, 2.24) is 14.7 Å². The van der Waals surface area contributed by atoms with Crippen LogP contribution in [0, 0.1) is 13.8 Å². The van der Waals surface area contributed by atoms with Crippen LogP contribution in [0.3, 0.4) is 0 Å². The maximum Gasteiger partial charge on any atom is 0.244 e. The van der Waals surface area contributed by atoms with Gasteiger partial charge in [0.2, 0.25) is 5.91 Å². The molecule has 0 saturated heterocycles. The molecule has 1 saturated carbocycles. The Kier molecular flexibility index (Phi) is 5.39. The summed E-state index contributed by atoms with van der Waals surface area (Å²) in [7, 11) is 0. The zero-order valence-electron chi connectivity index (χ0n) is 13.5. The van der Waals surface area contributed by atoms with Crippen molar-refractivity contribution in [1.29, 1.82) is 0 Å². The SMILES string of the molecule is CCCN(C(=O)Cn1nc(C)cc1C)C1CCC(N)CC1. The van der Waals surface area contributed by atoms with Gasteiger partial charge in [0.05, 0.1) is 5.69 Å². The maximum absolute atomic E-state index is 12.7. The number of rotatable bonds is 5. The summed E-state index contributed by atoms with van der Waals surface area (Å²) in [6, 6.07) is 2.68. The number of aryl methyl sites for hydroxylation is 2. The first-order valence-corrected chi connectivity index (χ1v) is 8.07. The predicted octanol–water partition coefficient (Wildman–Crippen LogP) is 2.01. The van der Waals surface area contributed by atoms with Crippen molar-refractivity contribution in [2.75, 3.05) is 6.54 Å². The van der Waals surface area contributed by atoms with Crippen molar-refractivity contribution in [2.24, 2.45) is 5.73 Å². The average Bonchev–Trinajstić information content (AvgIpc) is 2.75. The summed E-state index contributed by atoms with van der Waals surface area (Å²) >= 11 is 0. The molecule has 21 heavy (non-hydrogen) atoms. The van der Waals surface area contributed by atoms with Crippen molar-refractivity contribution >= 4 is 5.91 Å². The fourth-order valence-corrected chi connectivity index (χ4v) is 3.22. The van der Waals surface area contributed by atoms with Gasteiger partial charge < -0.3 is 10.6 Å². The molecule has 1 aliphatic carbocycles. The van der Waals surface area contributed by atoms with E-state index in [0.717, 1.165) is 50.0 Å². The van der Waals surface area contributed by atoms with Crippen molar-refractivity contribution < 1.29 is 4.79 Å². The van der Waals surface area contributed by atoms with Crippen LogP contribution >= 0.6 is 0 Å². The number of nitrogens with zero attached hydrogens (tertiary/aromatic N) is 3. The summed E-state index contributed by atoms with van der Waals surface area (Å²) in [5.74, 6) is 0.184. The molecule has 5 nitrogen and oxygen atoms in total. The van der Waals surface area contributed by atoms with Gasteiger partial charge in [-0.05, 0) is 52.0 Å². The molecule has 0 aromatic carbocycles. The smallest absolute Gasteiger partial charge is 0.244 e. The maximum atomic E-state index is 12.7. The molecule has 2 N–H and O–H groups in total. The van der Waals surface area contributed by atoms with E-state index in [0.29, 0.717) is 18.6 Å². The third-order valence-electron chi connectivity index (χ3n) is 4.36. The number of hydrogen-bond acceptors (Lipinski definition) is 3. The third kappa shape index (κ3) is 4.06. The summed E-state index contributed by atoms with van der Waals surface area (Å²) in [6.07, 6.45) is 5.11. The first-order valence-electron chi connectivity index (χ1n) is 8.07. The van der Waals surface area contributed by atoms with E-state index in [1.165, 1.54) is 0 Å². The molecule has 0 unspecified atom stereocenters. The second kappa shape index (κ2) is 7.07. The molecule has 1 amide bonds. The van der Waals surface area contributed by atoms with Crippen molar-refractivity contribution in [3.8, 4) is 0 Å². The minimum Gasteiger partial charge on any atom is -0.338 e. The predicted molar refractivity (Wildman–Crippen MR) is 83.9 cm³/mol. The Bertz CT molecular complexity index is 475. The van der Waals surface area contributed by atoms with Crippen molar-refractivity contribution in [3.63, 3.8) is 0 Å². The van der Waals surface area contributed by atoms with E-state index in [-0.39, 0.29) is 5.91 Å². The summed E-state index contributed by atoms with van der Waals surface area (Å²) in [4.78, 5) is 14.7. The van der Waals surface area contributed by atoms with Gasteiger partial charge in [-0.3, -0.25) is 9.48 Å². The Balaban J connectivity index is 2.03. The Hall–Kier alpha value is -1.36. The molecular formula is C16H28N4O. The molecule has 0 atom stereocenters. The van der Waals surface area contributed by atoms with Crippen LogP contribution in [0.4, 0.5) is 0 Å². The Morgan fingerprint density at radius 1 is 1.38 bits per heavy atom. The van der Waals surface area contributed by atoms with Gasteiger partial charge in [-0.25, -0.2) is 0 Å². The van der Waals surface area contributed by atoms with Crippen LogP contribution in [-0.2, 0) is 11.3 Å². The second-order valence-corrected chi connectivity index (χ2v) is 6.24. The van der Waals surface area contributed by atoms with Crippen LogP contribution in [0.1, 0.15) is 50.4 Å². The molecule has 0 radical (unpaired) electrons. The topological polar surface area (TPSA) is 64.2 Å². The highest BCUT2D eigenvalue weighted by Crippen LogP contribution is 2.23. The summed E-state index contributed by atoms with van der Waals surface area (Å²) < 4.78 is 1.81. The Morgan fingerprint density at radius 3 is 2.57 bits per heavy atom. The molecule has 1 aromatic rings. The fourth-order valence-electron chi connectivity index (χ4n) is 3.22. The van der Waals surface area contributed by atoms with Gasteiger partial charge in [-0.1, -0.05) is 6.92 Å². The molecule has 1 fully saturated rings. The first kappa shape index (κ1) is 16.0. The first-order chi connectivity index (χ1) is 10.0. The van der Waals surface area contributed by atoms with Crippen LogP contribution < -0.4 is 5.73 Å². The highest BCUT2D eigenvalue weighted by Gasteiger charge is 2.27. The molecule has 0 aliphatic heterocycles. The molecule has 0 spiro atoms. The Labute approximate surface area is 127 Å². The molecule has 1 heterocycles. The van der Waals surface area contributed by atoms with Gasteiger partial charge in [0.1, 0.15) is 6.54 Å². The summed E-state index contributed by atoms with van der Waals surface area (Å²) in [5, 5.41) is 4.40. The molecule has 118 valence electrons. The minimum atomic E-state index is 0.184. The number of aromatic nitrogens is 2. The lowest BCUT2D eigenvalue weighted by molar-refractivity contribution is -0.135. The number of carbonyl (C=O) groups is 1. The minimum absolute atomic E-state index is 0.184. The second-order valence-electron chi connectivity index (χ2n) is 6.24. The van der Waals surface area contributed by atoms with Crippen LogP contribution in [0.15, 0.2) is 6.07 Å². The lowest BCUT2D eigenvalue weighted by Gasteiger charge is -2.36. The van der Waals surface area contributed by atoms with Gasteiger partial charge >= 0.3 is 0 Å². The zero-order valence-corrected chi connectivity index (χ0v) is 13.5. The van der Waals surface area contributed by atoms with Gasteiger partial charge in [0.15, 0.2) is 0 Å². The quantitative estimate of drug-likeness (QED) is 0.903. The average molecular weight is 292 g/mol. The van der Waals surface area contributed by atoms with E-state index >= 15 is 0 Å². The number of hydrogen-bond donors (Lipinski definition) is 1. The zero-order chi connectivity index (χ0) is 15.4. The van der Waals surface area contributed by atoms with Gasteiger partial charge in [0, 0.05) is 24.3 Å². The lowest BCUT2D eigenvalue weighted by Crippen LogP contribution is -2.46. The summed E-state index contributed by atoms with van der Waals surface area (Å²) in [5.41, 5.74) is 7.98. The van der Waals surface area contributed by atoms with E-state index in [2.05, 4.69) is 16.9 Å². The van der Waals surface area contributed by atoms with Crippen LogP contribution in [0.5, 0.6) is 0 Å². The van der Waals surface area contributed by atoms with E-state index < -0.39 is 0 Å². The Morgan fingerprint density at radius 2 is 2.05 bits per heavy atom. The van der Waals surface area contributed by atoms with E-state index in [1.807, 2.05) is 24.6 Å². The standard InChI is InChI=1S/C16H28N4O/c1-4-9-19(15-7-5-14(17)6-8-15)16(21)11-20-13(3)10-12(2)18-20/h10,14-15H,4-9,11,17H2,1-3H3. The van der Waals surface area contributed by atoms with Gasteiger partial charge in [-0.2, -0.15) is 5.10 Å². The highest BCUT2D eigenvalue weighted by atomic mass is 16.2. The third-order valence-corrected chi connectivity index (χ3v) is 4.36. The lowest BCUT2D eigenvalue weighted by atomic mass is 9.90. The normalized spacial score (nSPS) is 22.3. The molecule has 2 rings (SSSR count). The van der Waals surface area contributed by atoms with Gasteiger partial charge in [-0.15, -0.1) is 0 Å². The van der Waals surface area contributed by atoms with Crippen LogP contribution in [-0.4, -0.2) is 39.2 Å². The van der Waals surface area contributed by atoms with Gasteiger partial charge in [0.25, 0.3) is 0 Å². The largest absolute Gasteiger partial charge is 0.338 e. The monoisotopic (exact) mass is 292 g/mol. The number of carbonyl (C=O) groups excluding carboxylic acids is 1. The molecule has 0 bridgehead atoms. The molecule has 1 aliphatic rings.